The van der Waals surface area contributed by atoms with Gasteiger partial charge in [-0.05, 0) is 37.1 Å². The molecule has 23 heavy (non-hydrogen) atoms. The van der Waals surface area contributed by atoms with Crippen LogP contribution in [0.3, 0.4) is 0 Å². The predicted octanol–water partition coefficient (Wildman–Crippen LogP) is 1.52. The van der Waals surface area contributed by atoms with Gasteiger partial charge < -0.3 is 20.3 Å². The summed E-state index contributed by atoms with van der Waals surface area (Å²) >= 11 is 0. The lowest BCUT2D eigenvalue weighted by Crippen LogP contribution is -2.30. The Morgan fingerprint density at radius 3 is 2.43 bits per heavy atom. The van der Waals surface area contributed by atoms with E-state index in [1.54, 1.807) is 31.4 Å². The topological polar surface area (TPSA) is 70.7 Å². The molecule has 1 saturated heterocycles. The summed E-state index contributed by atoms with van der Waals surface area (Å²) < 4.78 is 4.89. The van der Waals surface area contributed by atoms with Gasteiger partial charge in [0.25, 0.3) is 5.91 Å². The maximum Gasteiger partial charge on any atom is 0.253 e. The standard InChI is InChI=1S/C16H23N3O3.ClH/c1-22-11-8-17-12-15(20)18-14-6-4-13(5-7-14)16(21)19-9-2-3-10-19;/h4-7,17H,2-3,8-12H2,1H3,(H,18,20);1H. The van der Waals surface area contributed by atoms with Crippen molar-refractivity contribution >= 4 is 29.9 Å². The largest absolute Gasteiger partial charge is 0.383 e. The van der Waals surface area contributed by atoms with Crippen LogP contribution in [0.1, 0.15) is 23.2 Å². The van der Waals surface area contributed by atoms with Crippen molar-refractivity contribution in [2.75, 3.05) is 45.2 Å². The second kappa shape index (κ2) is 10.2. The zero-order valence-corrected chi connectivity index (χ0v) is 14.2. The lowest BCUT2D eigenvalue weighted by atomic mass is 10.2. The van der Waals surface area contributed by atoms with Gasteiger partial charge in [-0.25, -0.2) is 0 Å². The first kappa shape index (κ1) is 19.4. The van der Waals surface area contributed by atoms with E-state index in [1.807, 2.05) is 4.90 Å². The van der Waals surface area contributed by atoms with Crippen molar-refractivity contribution in [3.8, 4) is 0 Å². The van der Waals surface area contributed by atoms with Crippen molar-refractivity contribution < 1.29 is 14.3 Å². The summed E-state index contributed by atoms with van der Waals surface area (Å²) in [6.45, 7) is 3.11. The first-order valence-corrected chi connectivity index (χ1v) is 7.59. The van der Waals surface area contributed by atoms with Crippen LogP contribution in [0.2, 0.25) is 0 Å². The highest BCUT2D eigenvalue weighted by atomic mass is 35.5. The fraction of sp³-hybridized carbons (Fsp3) is 0.500. The summed E-state index contributed by atoms with van der Waals surface area (Å²) in [6.07, 6.45) is 2.16. The number of rotatable bonds is 7. The molecule has 0 unspecified atom stereocenters. The van der Waals surface area contributed by atoms with E-state index < -0.39 is 0 Å². The Labute approximate surface area is 143 Å². The number of carbonyl (C=O) groups excluding carboxylic acids is 2. The molecule has 0 aliphatic carbocycles. The molecule has 2 N–H and O–H groups in total. The monoisotopic (exact) mass is 341 g/mol. The summed E-state index contributed by atoms with van der Waals surface area (Å²) in [5.41, 5.74) is 1.36. The average molecular weight is 342 g/mol. The van der Waals surface area contributed by atoms with Crippen LogP contribution in [0, 0.1) is 0 Å². The zero-order valence-electron chi connectivity index (χ0n) is 13.3. The van der Waals surface area contributed by atoms with Gasteiger partial charge in [-0.15, -0.1) is 12.4 Å². The van der Waals surface area contributed by atoms with Crippen LogP contribution in [0.5, 0.6) is 0 Å². The molecule has 0 atom stereocenters. The third-order valence-electron chi connectivity index (χ3n) is 3.58. The molecule has 1 aromatic carbocycles. The minimum absolute atomic E-state index is 0. The highest BCUT2D eigenvalue weighted by Gasteiger charge is 2.19. The van der Waals surface area contributed by atoms with Crippen molar-refractivity contribution in [3.05, 3.63) is 29.8 Å². The molecule has 1 fully saturated rings. The Bertz CT molecular complexity index is 502. The number of amides is 2. The Balaban J connectivity index is 0.00000264. The summed E-state index contributed by atoms with van der Waals surface area (Å²) in [5, 5.41) is 5.76. The number of nitrogens with one attached hydrogen (secondary N) is 2. The van der Waals surface area contributed by atoms with Gasteiger partial charge in [0.05, 0.1) is 13.2 Å². The average Bonchev–Trinajstić information content (AvgIpc) is 3.06. The van der Waals surface area contributed by atoms with Crippen LogP contribution < -0.4 is 10.6 Å². The van der Waals surface area contributed by atoms with E-state index in [0.29, 0.717) is 24.4 Å². The number of hydrogen-bond acceptors (Lipinski definition) is 4. The number of benzene rings is 1. The molecule has 1 heterocycles. The molecule has 0 spiro atoms. The van der Waals surface area contributed by atoms with Gasteiger partial charge in [0.1, 0.15) is 0 Å². The quantitative estimate of drug-likeness (QED) is 0.738. The smallest absolute Gasteiger partial charge is 0.253 e. The summed E-state index contributed by atoms with van der Waals surface area (Å²) in [4.78, 5) is 25.8. The molecule has 1 aliphatic heterocycles. The van der Waals surface area contributed by atoms with E-state index in [9.17, 15) is 9.59 Å². The van der Waals surface area contributed by atoms with Crippen LogP contribution in [0.4, 0.5) is 5.69 Å². The number of hydrogen-bond donors (Lipinski definition) is 2. The number of methoxy groups -OCH3 is 1. The number of carbonyl (C=O) groups is 2. The maximum absolute atomic E-state index is 12.2. The molecule has 6 nitrogen and oxygen atoms in total. The lowest BCUT2D eigenvalue weighted by Gasteiger charge is -2.15. The van der Waals surface area contributed by atoms with Crippen molar-refractivity contribution in [2.24, 2.45) is 0 Å². The van der Waals surface area contributed by atoms with Gasteiger partial charge in [-0.1, -0.05) is 0 Å². The van der Waals surface area contributed by atoms with Crippen molar-refractivity contribution in [3.63, 3.8) is 0 Å². The summed E-state index contributed by atoms with van der Waals surface area (Å²) in [6, 6.07) is 7.04. The van der Waals surface area contributed by atoms with Gasteiger partial charge in [-0.2, -0.15) is 0 Å². The second-order valence-electron chi connectivity index (χ2n) is 5.29. The SMILES string of the molecule is COCCNCC(=O)Nc1ccc(C(=O)N2CCCC2)cc1.Cl. The van der Waals surface area contributed by atoms with E-state index >= 15 is 0 Å². The Hall–Kier alpha value is -1.63. The Kier molecular flexibility index (Phi) is 8.61. The molecular formula is C16H24ClN3O3. The fourth-order valence-electron chi connectivity index (χ4n) is 2.38. The lowest BCUT2D eigenvalue weighted by molar-refractivity contribution is -0.115. The van der Waals surface area contributed by atoms with Crippen LogP contribution >= 0.6 is 12.4 Å². The van der Waals surface area contributed by atoms with Crippen LogP contribution in [-0.2, 0) is 9.53 Å². The Morgan fingerprint density at radius 2 is 1.83 bits per heavy atom. The van der Waals surface area contributed by atoms with Gasteiger partial charge in [-0.3, -0.25) is 9.59 Å². The summed E-state index contributed by atoms with van der Waals surface area (Å²) in [7, 11) is 1.62. The van der Waals surface area contributed by atoms with E-state index in [1.165, 1.54) is 0 Å². The van der Waals surface area contributed by atoms with Crippen molar-refractivity contribution in [1.82, 2.24) is 10.2 Å². The van der Waals surface area contributed by atoms with E-state index in [2.05, 4.69) is 10.6 Å². The highest BCUT2D eigenvalue weighted by molar-refractivity contribution is 5.96. The van der Waals surface area contributed by atoms with Crippen LogP contribution in [0.25, 0.3) is 0 Å². The van der Waals surface area contributed by atoms with Crippen LogP contribution in [0.15, 0.2) is 24.3 Å². The summed E-state index contributed by atoms with van der Waals surface area (Å²) in [5.74, 6) is -0.0497. The van der Waals surface area contributed by atoms with Gasteiger partial charge in [0, 0.05) is 38.0 Å². The molecule has 0 bridgehead atoms. The predicted molar refractivity (Wildman–Crippen MR) is 92.2 cm³/mol. The molecule has 0 saturated carbocycles. The number of anilines is 1. The van der Waals surface area contributed by atoms with E-state index in [4.69, 9.17) is 4.74 Å². The molecule has 1 aromatic rings. The van der Waals surface area contributed by atoms with Gasteiger partial charge >= 0.3 is 0 Å². The molecule has 0 aromatic heterocycles. The number of ether oxygens (including phenoxy) is 1. The van der Waals surface area contributed by atoms with Gasteiger partial charge in [0.2, 0.25) is 5.91 Å². The molecule has 0 radical (unpaired) electrons. The van der Waals surface area contributed by atoms with Crippen molar-refractivity contribution in [1.29, 1.82) is 0 Å². The molecular weight excluding hydrogens is 318 g/mol. The number of halogens is 1. The fourth-order valence-corrected chi connectivity index (χ4v) is 2.38. The minimum Gasteiger partial charge on any atom is -0.383 e. The first-order chi connectivity index (χ1) is 10.7. The second-order valence-corrected chi connectivity index (χ2v) is 5.29. The normalized spacial score (nSPS) is 13.5. The minimum atomic E-state index is -0.116. The van der Waals surface area contributed by atoms with Gasteiger partial charge in [0.15, 0.2) is 0 Å². The van der Waals surface area contributed by atoms with Crippen molar-refractivity contribution in [2.45, 2.75) is 12.8 Å². The molecule has 2 amide bonds. The third-order valence-corrected chi connectivity index (χ3v) is 3.58. The van der Waals surface area contributed by atoms with Crippen LogP contribution in [-0.4, -0.2) is 56.6 Å². The molecule has 7 heteroatoms. The molecule has 2 rings (SSSR count). The molecule has 128 valence electrons. The Morgan fingerprint density at radius 1 is 1.17 bits per heavy atom. The van der Waals surface area contributed by atoms with E-state index in [0.717, 1.165) is 25.9 Å². The zero-order chi connectivity index (χ0) is 15.8. The van der Waals surface area contributed by atoms with E-state index in [-0.39, 0.29) is 30.8 Å². The third kappa shape index (κ3) is 6.17. The maximum atomic E-state index is 12.2. The highest BCUT2D eigenvalue weighted by Crippen LogP contribution is 2.15. The molecule has 1 aliphatic rings. The first-order valence-electron chi connectivity index (χ1n) is 7.59. The number of nitrogens with zero attached hydrogens (tertiary/aromatic N) is 1. The number of likely N-dealkylation sites (tertiary alicyclic amines) is 1.